The van der Waals surface area contributed by atoms with Gasteiger partial charge in [-0.25, -0.2) is 0 Å². The van der Waals surface area contributed by atoms with Gasteiger partial charge in [0.1, 0.15) is 5.69 Å². The molecule has 9 heteroatoms. The van der Waals surface area contributed by atoms with E-state index in [0.29, 0.717) is 6.07 Å². The molecule has 6 nitrogen and oxygen atoms in total. The third kappa shape index (κ3) is 2.68. The molecule has 1 heterocycles. The molecule has 0 amide bonds. The summed E-state index contributed by atoms with van der Waals surface area (Å²) >= 11 is 0. The number of nitro groups is 1. The van der Waals surface area contributed by atoms with E-state index in [1.807, 2.05) is 0 Å². The summed E-state index contributed by atoms with van der Waals surface area (Å²) in [5.41, 5.74) is -1.88. The molecule has 1 aliphatic rings. The van der Waals surface area contributed by atoms with Crippen LogP contribution in [0.4, 0.5) is 24.5 Å². The SMILES string of the molecule is O=[N+]([O-])c1cc(C(F)(F)F)ccc1N1CC(O)C(O)C1. The van der Waals surface area contributed by atoms with Gasteiger partial charge in [-0.3, -0.25) is 10.1 Å². The van der Waals surface area contributed by atoms with Crippen molar-refractivity contribution in [2.75, 3.05) is 18.0 Å². The summed E-state index contributed by atoms with van der Waals surface area (Å²) in [4.78, 5) is 11.3. The van der Waals surface area contributed by atoms with Crippen LogP contribution in [0.1, 0.15) is 5.56 Å². The van der Waals surface area contributed by atoms with Crippen molar-refractivity contribution in [1.29, 1.82) is 0 Å². The second kappa shape index (κ2) is 4.91. The minimum Gasteiger partial charge on any atom is -0.389 e. The monoisotopic (exact) mass is 292 g/mol. The van der Waals surface area contributed by atoms with Crippen LogP contribution in [0.2, 0.25) is 0 Å². The summed E-state index contributed by atoms with van der Waals surface area (Å²) in [6.45, 7) is -0.152. The van der Waals surface area contributed by atoms with Crippen LogP contribution in [0.25, 0.3) is 0 Å². The van der Waals surface area contributed by atoms with Gasteiger partial charge in [0.05, 0.1) is 22.7 Å². The average molecular weight is 292 g/mol. The molecule has 110 valence electrons. The molecular weight excluding hydrogens is 281 g/mol. The number of halogens is 3. The molecule has 0 saturated carbocycles. The molecule has 0 aliphatic carbocycles. The predicted octanol–water partition coefficient (Wildman–Crippen LogP) is 1.16. The predicted molar refractivity (Wildman–Crippen MR) is 62.3 cm³/mol. The first-order chi connectivity index (χ1) is 9.20. The van der Waals surface area contributed by atoms with E-state index in [-0.39, 0.29) is 18.8 Å². The molecule has 0 bridgehead atoms. The third-order valence-electron chi connectivity index (χ3n) is 3.10. The Morgan fingerprint density at radius 3 is 2.25 bits per heavy atom. The van der Waals surface area contributed by atoms with Crippen LogP contribution in [-0.4, -0.2) is 40.4 Å². The van der Waals surface area contributed by atoms with E-state index in [4.69, 9.17) is 0 Å². The Labute approximate surface area is 111 Å². The smallest absolute Gasteiger partial charge is 0.389 e. The van der Waals surface area contributed by atoms with E-state index in [1.165, 1.54) is 4.90 Å². The molecular formula is C11H11F3N2O4. The second-order valence-corrected chi connectivity index (χ2v) is 4.50. The summed E-state index contributed by atoms with van der Waals surface area (Å²) < 4.78 is 37.6. The number of aliphatic hydroxyl groups excluding tert-OH is 2. The van der Waals surface area contributed by atoms with Crippen molar-refractivity contribution in [2.24, 2.45) is 0 Å². The topological polar surface area (TPSA) is 86.8 Å². The highest BCUT2D eigenvalue weighted by atomic mass is 19.4. The number of aliphatic hydroxyl groups is 2. The first kappa shape index (κ1) is 14.5. The largest absolute Gasteiger partial charge is 0.416 e. The van der Waals surface area contributed by atoms with Crippen molar-refractivity contribution < 1.29 is 28.3 Å². The number of alkyl halides is 3. The van der Waals surface area contributed by atoms with Gasteiger partial charge in [0.2, 0.25) is 0 Å². The number of β-amino-alcohol motifs (C(OH)–C–C–N with tert-alkyl or cyclic N) is 2. The summed E-state index contributed by atoms with van der Waals surface area (Å²) in [5.74, 6) is 0. The summed E-state index contributed by atoms with van der Waals surface area (Å²) in [7, 11) is 0. The van der Waals surface area contributed by atoms with Crippen molar-refractivity contribution in [2.45, 2.75) is 18.4 Å². The molecule has 1 saturated heterocycles. The van der Waals surface area contributed by atoms with Gasteiger partial charge in [-0.15, -0.1) is 0 Å². The molecule has 0 aromatic heterocycles. The van der Waals surface area contributed by atoms with Gasteiger partial charge < -0.3 is 15.1 Å². The zero-order valence-corrected chi connectivity index (χ0v) is 10.0. The number of nitrogens with zero attached hydrogens (tertiary/aromatic N) is 2. The van der Waals surface area contributed by atoms with Gasteiger partial charge in [0.15, 0.2) is 0 Å². The van der Waals surface area contributed by atoms with E-state index in [1.54, 1.807) is 0 Å². The Morgan fingerprint density at radius 1 is 1.25 bits per heavy atom. The normalized spacial score (nSPS) is 23.1. The Kier molecular flexibility index (Phi) is 3.57. The fourth-order valence-electron chi connectivity index (χ4n) is 2.08. The van der Waals surface area contributed by atoms with Crippen molar-refractivity contribution in [3.8, 4) is 0 Å². The molecule has 2 unspecified atom stereocenters. The standard InChI is InChI=1S/C11H11F3N2O4/c12-11(13,14)6-1-2-7(8(3-6)16(19)20)15-4-9(17)10(18)5-15/h1-3,9-10,17-18H,4-5H2. The maximum absolute atomic E-state index is 12.5. The molecule has 1 fully saturated rings. The maximum atomic E-state index is 12.5. The summed E-state index contributed by atoms with van der Waals surface area (Å²) in [6.07, 6.45) is -6.85. The van der Waals surface area contributed by atoms with Crippen molar-refractivity contribution >= 4 is 11.4 Å². The van der Waals surface area contributed by atoms with E-state index in [9.17, 15) is 33.5 Å². The second-order valence-electron chi connectivity index (χ2n) is 4.50. The lowest BCUT2D eigenvalue weighted by Gasteiger charge is -2.18. The number of benzene rings is 1. The minimum absolute atomic E-state index is 0.0569. The lowest BCUT2D eigenvalue weighted by atomic mass is 10.1. The van der Waals surface area contributed by atoms with Crippen molar-refractivity contribution in [1.82, 2.24) is 0 Å². The van der Waals surface area contributed by atoms with Crippen LogP contribution in [-0.2, 0) is 6.18 Å². The van der Waals surface area contributed by atoms with Crippen LogP contribution >= 0.6 is 0 Å². The van der Waals surface area contributed by atoms with E-state index < -0.39 is 34.6 Å². The van der Waals surface area contributed by atoms with E-state index >= 15 is 0 Å². The molecule has 20 heavy (non-hydrogen) atoms. The van der Waals surface area contributed by atoms with Gasteiger partial charge in [0.25, 0.3) is 5.69 Å². The number of hydrogen-bond acceptors (Lipinski definition) is 5. The molecule has 0 spiro atoms. The average Bonchev–Trinajstić information content (AvgIpc) is 2.67. The first-order valence-corrected chi connectivity index (χ1v) is 5.67. The Hall–Kier alpha value is -1.87. The molecule has 2 N–H and O–H groups in total. The van der Waals surface area contributed by atoms with Crippen LogP contribution in [0.15, 0.2) is 18.2 Å². The fraction of sp³-hybridized carbons (Fsp3) is 0.455. The van der Waals surface area contributed by atoms with Crippen LogP contribution < -0.4 is 4.90 Å². The number of anilines is 1. The summed E-state index contributed by atoms with van der Waals surface area (Å²) in [5, 5.41) is 29.7. The highest BCUT2D eigenvalue weighted by molar-refractivity contribution is 5.65. The highest BCUT2D eigenvalue weighted by Crippen LogP contribution is 2.37. The van der Waals surface area contributed by atoms with Gasteiger partial charge in [-0.2, -0.15) is 13.2 Å². The maximum Gasteiger partial charge on any atom is 0.416 e. The number of hydrogen-bond donors (Lipinski definition) is 2. The number of rotatable bonds is 2. The third-order valence-corrected chi connectivity index (χ3v) is 3.10. The molecule has 0 radical (unpaired) electrons. The lowest BCUT2D eigenvalue weighted by Crippen LogP contribution is -2.22. The van der Waals surface area contributed by atoms with E-state index in [2.05, 4.69) is 0 Å². The highest BCUT2D eigenvalue weighted by Gasteiger charge is 2.36. The van der Waals surface area contributed by atoms with Gasteiger partial charge in [-0.1, -0.05) is 0 Å². The molecule has 1 aliphatic heterocycles. The number of nitro benzene ring substituents is 1. The molecule has 2 rings (SSSR count). The molecule has 1 aromatic carbocycles. The fourth-order valence-corrected chi connectivity index (χ4v) is 2.08. The van der Waals surface area contributed by atoms with Crippen LogP contribution in [0.5, 0.6) is 0 Å². The lowest BCUT2D eigenvalue weighted by molar-refractivity contribution is -0.384. The Balaban J connectivity index is 2.41. The quantitative estimate of drug-likeness (QED) is 0.631. The first-order valence-electron chi connectivity index (χ1n) is 5.67. The molecule has 2 atom stereocenters. The van der Waals surface area contributed by atoms with Gasteiger partial charge in [-0.05, 0) is 12.1 Å². The zero-order valence-electron chi connectivity index (χ0n) is 10.0. The summed E-state index contributed by atoms with van der Waals surface area (Å²) in [6, 6.07) is 2.16. The molecule has 1 aromatic rings. The zero-order chi connectivity index (χ0) is 15.1. The minimum atomic E-state index is -4.67. The van der Waals surface area contributed by atoms with E-state index in [0.717, 1.165) is 12.1 Å². The Bertz CT molecular complexity index is 525. The van der Waals surface area contributed by atoms with Crippen LogP contribution in [0.3, 0.4) is 0 Å². The van der Waals surface area contributed by atoms with Gasteiger partial charge in [0, 0.05) is 19.2 Å². The van der Waals surface area contributed by atoms with Gasteiger partial charge >= 0.3 is 6.18 Å². The van der Waals surface area contributed by atoms with Crippen molar-refractivity contribution in [3.05, 3.63) is 33.9 Å². The van der Waals surface area contributed by atoms with Crippen LogP contribution in [0, 0.1) is 10.1 Å². The Morgan fingerprint density at radius 2 is 1.80 bits per heavy atom. The van der Waals surface area contributed by atoms with Crippen molar-refractivity contribution in [3.63, 3.8) is 0 Å².